The lowest BCUT2D eigenvalue weighted by atomic mass is 9.51. The highest BCUT2D eigenvalue weighted by atomic mass is 35.5. The van der Waals surface area contributed by atoms with Crippen LogP contribution in [0.1, 0.15) is 73.1 Å². The maximum Gasteiger partial charge on any atom is 0.0920 e. The Kier molecular flexibility index (Phi) is 6.14. The third kappa shape index (κ3) is 3.72. The molecule has 1 heterocycles. The first-order valence-corrected chi connectivity index (χ1v) is 11.5. The molecule has 0 radical (unpaired) electrons. The van der Waals surface area contributed by atoms with Crippen LogP contribution in [-0.4, -0.2) is 51.1 Å². The first kappa shape index (κ1) is 22.7. The van der Waals surface area contributed by atoms with Gasteiger partial charge >= 0.3 is 0 Å². The van der Waals surface area contributed by atoms with Crippen LogP contribution in [0.2, 0.25) is 0 Å². The summed E-state index contributed by atoms with van der Waals surface area (Å²) in [4.78, 5) is 4.54. The van der Waals surface area contributed by atoms with E-state index in [0.717, 1.165) is 32.1 Å². The smallest absolute Gasteiger partial charge is 0.0920 e. The minimum Gasteiger partial charge on any atom is -0.659 e. The Hall–Kier alpha value is -0.0300. The SMILES string of the molecule is C[N-]C1(C)CCC(C2(C)CCC(Cl)C(C)(C)O2)C2C(N=C=S)C(C)(O)CCC21. The zero-order valence-electron chi connectivity index (χ0n) is 18.2. The van der Waals surface area contributed by atoms with Crippen LogP contribution < -0.4 is 0 Å². The summed E-state index contributed by atoms with van der Waals surface area (Å²) in [5.74, 6) is 0.791. The second-order valence-corrected chi connectivity index (χ2v) is 11.2. The van der Waals surface area contributed by atoms with Crippen LogP contribution in [-0.2, 0) is 4.74 Å². The summed E-state index contributed by atoms with van der Waals surface area (Å²) in [6, 6.07) is -0.271. The fourth-order valence-corrected chi connectivity index (χ4v) is 6.75. The molecule has 0 aromatic heterocycles. The molecule has 2 saturated carbocycles. The van der Waals surface area contributed by atoms with Crippen LogP contribution in [0.25, 0.3) is 5.32 Å². The van der Waals surface area contributed by atoms with Gasteiger partial charge in [-0.15, -0.1) is 17.1 Å². The van der Waals surface area contributed by atoms with Crippen molar-refractivity contribution in [1.29, 1.82) is 0 Å². The molecule has 0 amide bonds. The van der Waals surface area contributed by atoms with E-state index >= 15 is 0 Å². The summed E-state index contributed by atoms with van der Waals surface area (Å²) in [7, 11) is 1.93. The Balaban J connectivity index is 2.04. The molecule has 8 atom stereocenters. The largest absolute Gasteiger partial charge is 0.659 e. The number of halogens is 1. The zero-order chi connectivity index (χ0) is 21.0. The number of hydrogen-bond acceptors (Lipinski definition) is 4. The van der Waals surface area contributed by atoms with E-state index in [9.17, 15) is 5.11 Å². The van der Waals surface area contributed by atoms with Crippen molar-refractivity contribution in [2.24, 2.45) is 22.7 Å². The summed E-state index contributed by atoms with van der Waals surface area (Å²) in [5, 5.41) is 18.6. The predicted molar refractivity (Wildman–Crippen MR) is 119 cm³/mol. The molecule has 1 saturated heterocycles. The fourth-order valence-electron chi connectivity index (χ4n) is 6.48. The molecule has 1 N–H and O–H groups in total. The molecule has 3 rings (SSSR count). The van der Waals surface area contributed by atoms with Gasteiger partial charge in [0, 0.05) is 0 Å². The fraction of sp³-hybridized carbons (Fsp3) is 0.955. The standard InChI is InChI=1S/C22H36ClN2O2S/c1-19(2)16(23)9-12-22(5,27-19)15-7-10-20(3,24-6)14-8-11-21(4,26)18(17(14)15)25-13-28/h14-18,26H,7-12H2,1-6H3/q-1. The van der Waals surface area contributed by atoms with Gasteiger partial charge in [0.15, 0.2) is 0 Å². The van der Waals surface area contributed by atoms with Gasteiger partial charge in [0.1, 0.15) is 0 Å². The monoisotopic (exact) mass is 427 g/mol. The highest BCUT2D eigenvalue weighted by Gasteiger charge is 2.59. The highest BCUT2D eigenvalue weighted by Crippen LogP contribution is 2.59. The maximum absolute atomic E-state index is 11.2. The summed E-state index contributed by atoms with van der Waals surface area (Å²) in [6.45, 7) is 10.6. The average Bonchev–Trinajstić information content (AvgIpc) is 2.60. The summed E-state index contributed by atoms with van der Waals surface area (Å²) < 4.78 is 6.73. The van der Waals surface area contributed by atoms with E-state index in [1.54, 1.807) is 0 Å². The minimum atomic E-state index is -0.882. The average molecular weight is 428 g/mol. The van der Waals surface area contributed by atoms with Crippen LogP contribution in [0.3, 0.4) is 0 Å². The van der Waals surface area contributed by atoms with E-state index in [0.29, 0.717) is 12.3 Å². The molecule has 4 nitrogen and oxygen atoms in total. The first-order valence-electron chi connectivity index (χ1n) is 10.6. The van der Waals surface area contributed by atoms with E-state index in [1.165, 1.54) is 0 Å². The van der Waals surface area contributed by atoms with Crippen LogP contribution in [0.5, 0.6) is 0 Å². The number of thiocarbonyl (C=S) groups is 1. The van der Waals surface area contributed by atoms with Crippen molar-refractivity contribution >= 4 is 29.0 Å². The van der Waals surface area contributed by atoms with Crippen molar-refractivity contribution in [3.05, 3.63) is 5.32 Å². The Bertz CT molecular complexity index is 650. The van der Waals surface area contributed by atoms with Crippen molar-refractivity contribution in [2.45, 2.75) is 107 Å². The van der Waals surface area contributed by atoms with E-state index in [2.05, 4.69) is 37.8 Å². The Labute approximate surface area is 180 Å². The minimum absolute atomic E-state index is 0.0140. The highest BCUT2D eigenvalue weighted by molar-refractivity contribution is 7.78. The van der Waals surface area contributed by atoms with E-state index in [-0.39, 0.29) is 40.0 Å². The second kappa shape index (κ2) is 7.59. The molecule has 0 bridgehead atoms. The van der Waals surface area contributed by atoms with Gasteiger partial charge in [-0.3, -0.25) is 0 Å². The maximum atomic E-state index is 11.2. The van der Waals surface area contributed by atoms with Crippen molar-refractivity contribution in [2.75, 3.05) is 7.05 Å². The molecule has 6 heteroatoms. The number of alkyl halides is 1. The number of aliphatic hydroxyl groups is 1. The normalized spacial score (nSPS) is 51.1. The molecular formula is C22H36ClN2O2S-. The van der Waals surface area contributed by atoms with Gasteiger partial charge in [-0.2, -0.15) is 7.05 Å². The van der Waals surface area contributed by atoms with Crippen LogP contribution in [0.15, 0.2) is 4.99 Å². The molecule has 3 fully saturated rings. The molecule has 3 aliphatic rings. The number of hydrogen-bond donors (Lipinski definition) is 1. The van der Waals surface area contributed by atoms with Gasteiger partial charge in [0.2, 0.25) is 0 Å². The lowest BCUT2D eigenvalue weighted by Gasteiger charge is -2.65. The van der Waals surface area contributed by atoms with E-state index in [4.69, 9.17) is 33.9 Å². The predicted octanol–water partition coefficient (Wildman–Crippen LogP) is 5.36. The van der Waals surface area contributed by atoms with Gasteiger partial charge in [0.25, 0.3) is 0 Å². The third-order valence-electron chi connectivity index (χ3n) is 8.28. The van der Waals surface area contributed by atoms with Gasteiger partial charge in [-0.25, -0.2) is 4.99 Å². The molecule has 0 aromatic carbocycles. The van der Waals surface area contributed by atoms with Gasteiger partial charge < -0.3 is 15.2 Å². The lowest BCUT2D eigenvalue weighted by molar-refractivity contribution is -0.219. The zero-order valence-corrected chi connectivity index (χ0v) is 19.7. The van der Waals surface area contributed by atoms with Crippen molar-refractivity contribution in [3.63, 3.8) is 0 Å². The Morgan fingerprint density at radius 2 is 1.71 bits per heavy atom. The van der Waals surface area contributed by atoms with Crippen molar-refractivity contribution in [1.82, 2.24) is 0 Å². The van der Waals surface area contributed by atoms with Crippen molar-refractivity contribution < 1.29 is 9.84 Å². The molecule has 0 spiro atoms. The number of nitrogens with zero attached hydrogens (tertiary/aromatic N) is 2. The molecule has 8 unspecified atom stereocenters. The van der Waals surface area contributed by atoms with Crippen LogP contribution >= 0.6 is 23.8 Å². The number of ether oxygens (including phenoxy) is 1. The van der Waals surface area contributed by atoms with Gasteiger partial charge in [-0.05, 0) is 89.8 Å². The summed E-state index contributed by atoms with van der Waals surface area (Å²) in [6.07, 6.45) is 5.57. The van der Waals surface area contributed by atoms with Crippen molar-refractivity contribution in [3.8, 4) is 0 Å². The summed E-state index contributed by atoms with van der Waals surface area (Å²) >= 11 is 11.6. The molecule has 2 aliphatic carbocycles. The topological polar surface area (TPSA) is 55.9 Å². The second-order valence-electron chi connectivity index (χ2n) is 10.5. The number of aliphatic imine (C=N–C) groups is 1. The van der Waals surface area contributed by atoms with E-state index < -0.39 is 5.60 Å². The summed E-state index contributed by atoms with van der Waals surface area (Å²) in [5.41, 5.74) is -1.65. The van der Waals surface area contributed by atoms with Gasteiger partial charge in [-0.1, -0.05) is 13.3 Å². The molecular weight excluding hydrogens is 392 g/mol. The molecule has 1 aliphatic heterocycles. The quantitative estimate of drug-likeness (QED) is 0.374. The number of isothiocyanates is 1. The van der Waals surface area contributed by atoms with E-state index in [1.807, 2.05) is 14.0 Å². The molecule has 0 aromatic rings. The number of fused-ring (bicyclic) bond motifs is 1. The third-order valence-corrected chi connectivity index (χ3v) is 9.13. The van der Waals surface area contributed by atoms with Crippen LogP contribution in [0, 0.1) is 17.8 Å². The van der Waals surface area contributed by atoms with Gasteiger partial charge in [0.05, 0.1) is 33.4 Å². The molecule has 160 valence electrons. The Morgan fingerprint density at radius 1 is 1.07 bits per heavy atom. The molecule has 28 heavy (non-hydrogen) atoms. The Morgan fingerprint density at radius 3 is 2.29 bits per heavy atom. The number of rotatable bonds is 3. The lowest BCUT2D eigenvalue weighted by Crippen LogP contribution is -2.64. The van der Waals surface area contributed by atoms with Crippen LogP contribution in [0.4, 0.5) is 0 Å². The first-order chi connectivity index (χ1) is 12.9.